The normalized spacial score (nSPS) is 13.5. The lowest BCUT2D eigenvalue weighted by molar-refractivity contribution is -0.113. The van der Waals surface area contributed by atoms with E-state index < -0.39 is 17.5 Å². The molecule has 0 spiro atoms. The maximum absolute atomic E-state index is 13.9. The van der Waals surface area contributed by atoms with E-state index in [0.717, 1.165) is 49.1 Å². The van der Waals surface area contributed by atoms with Crippen LogP contribution in [0.2, 0.25) is 0 Å². The summed E-state index contributed by atoms with van der Waals surface area (Å²) >= 11 is 5.69. The Kier molecular flexibility index (Phi) is 5.76. The zero-order valence-corrected chi connectivity index (χ0v) is 18.6. The molecule has 2 aromatic heterocycles. The predicted molar refractivity (Wildman–Crippen MR) is 115 cm³/mol. The Bertz CT molecular complexity index is 1170. The summed E-state index contributed by atoms with van der Waals surface area (Å²) in [4.78, 5) is 31.7. The summed E-state index contributed by atoms with van der Waals surface area (Å²) < 4.78 is 28.6. The number of carbonyl (C=O) groups is 1. The van der Waals surface area contributed by atoms with E-state index in [4.69, 9.17) is 0 Å². The van der Waals surface area contributed by atoms with Crippen molar-refractivity contribution in [1.29, 1.82) is 0 Å². The second kappa shape index (κ2) is 8.16. The molecule has 1 aliphatic carbocycles. The third-order valence-electron chi connectivity index (χ3n) is 4.76. The van der Waals surface area contributed by atoms with Crippen LogP contribution in [-0.4, -0.2) is 21.2 Å². The lowest BCUT2D eigenvalue weighted by Crippen LogP contribution is -2.22. The van der Waals surface area contributed by atoms with E-state index in [0.29, 0.717) is 21.4 Å². The third-order valence-corrected chi connectivity index (χ3v) is 7.60. The van der Waals surface area contributed by atoms with Crippen LogP contribution in [-0.2, 0) is 24.7 Å². The highest BCUT2D eigenvalue weighted by Gasteiger charge is 2.22. The number of aryl methyl sites for hydroxylation is 2. The van der Waals surface area contributed by atoms with Crippen molar-refractivity contribution >= 4 is 60.8 Å². The fraction of sp³-hybridized carbons (Fsp3) is 0.316. The van der Waals surface area contributed by atoms with Crippen molar-refractivity contribution < 1.29 is 13.6 Å². The van der Waals surface area contributed by atoms with Crippen LogP contribution >= 0.6 is 39.0 Å². The number of hydrogen-bond donors (Lipinski definition) is 1. The van der Waals surface area contributed by atoms with E-state index in [1.54, 1.807) is 18.4 Å². The molecular formula is C19H16BrF2N3O2S2. The van der Waals surface area contributed by atoms with Crippen LogP contribution in [0.4, 0.5) is 14.5 Å². The van der Waals surface area contributed by atoms with Gasteiger partial charge in [-0.15, -0.1) is 11.3 Å². The quantitative estimate of drug-likeness (QED) is 0.419. The van der Waals surface area contributed by atoms with Crippen molar-refractivity contribution in [2.75, 3.05) is 11.1 Å². The highest BCUT2D eigenvalue weighted by Crippen LogP contribution is 2.34. The van der Waals surface area contributed by atoms with Crippen molar-refractivity contribution in [3.8, 4) is 0 Å². The van der Waals surface area contributed by atoms with Gasteiger partial charge < -0.3 is 5.32 Å². The molecule has 0 saturated carbocycles. The molecule has 5 nitrogen and oxygen atoms in total. The summed E-state index contributed by atoms with van der Waals surface area (Å²) in [6, 6.07) is 1.77. The number of thioether (sulfide) groups is 1. The van der Waals surface area contributed by atoms with Crippen molar-refractivity contribution in [3.63, 3.8) is 0 Å². The number of thiophene rings is 1. The van der Waals surface area contributed by atoms with Crippen molar-refractivity contribution in [2.45, 2.75) is 30.8 Å². The first-order valence-corrected chi connectivity index (χ1v) is 11.5. The van der Waals surface area contributed by atoms with Gasteiger partial charge >= 0.3 is 0 Å². The van der Waals surface area contributed by atoms with E-state index in [1.807, 2.05) is 0 Å². The Balaban J connectivity index is 1.55. The maximum atomic E-state index is 13.9. The van der Waals surface area contributed by atoms with Gasteiger partial charge in [-0.05, 0) is 53.2 Å². The molecule has 0 fully saturated rings. The Morgan fingerprint density at radius 3 is 2.86 bits per heavy atom. The summed E-state index contributed by atoms with van der Waals surface area (Å²) in [5.41, 5.74) is 0.889. The molecule has 0 aliphatic heterocycles. The number of anilines is 1. The van der Waals surface area contributed by atoms with Gasteiger partial charge in [-0.2, -0.15) is 0 Å². The summed E-state index contributed by atoms with van der Waals surface area (Å²) in [7, 11) is 1.64. The SMILES string of the molecule is Cn1c(SCC(=O)Nc2c(F)cc(F)cc2Br)nc2sc3c(c2c1=O)CCCC3. The van der Waals surface area contributed by atoms with E-state index in [-0.39, 0.29) is 21.5 Å². The third kappa shape index (κ3) is 3.97. The van der Waals surface area contributed by atoms with Crippen LogP contribution in [0, 0.1) is 11.6 Å². The molecule has 1 amide bonds. The predicted octanol–water partition coefficient (Wildman–Crippen LogP) is 4.65. The van der Waals surface area contributed by atoms with Gasteiger partial charge in [0.25, 0.3) is 5.56 Å². The average molecular weight is 500 g/mol. The monoisotopic (exact) mass is 499 g/mol. The lowest BCUT2D eigenvalue weighted by atomic mass is 9.97. The number of benzene rings is 1. The number of nitrogens with one attached hydrogen (secondary N) is 1. The van der Waals surface area contributed by atoms with Gasteiger partial charge in [0, 0.05) is 22.5 Å². The first-order valence-electron chi connectivity index (χ1n) is 8.93. The van der Waals surface area contributed by atoms with E-state index in [9.17, 15) is 18.4 Å². The number of rotatable bonds is 4. The number of fused-ring (bicyclic) bond motifs is 3. The smallest absolute Gasteiger partial charge is 0.262 e. The van der Waals surface area contributed by atoms with Crippen LogP contribution in [0.15, 0.2) is 26.6 Å². The van der Waals surface area contributed by atoms with Crippen molar-refractivity contribution in [2.24, 2.45) is 7.05 Å². The molecule has 0 radical (unpaired) electrons. The largest absolute Gasteiger partial charge is 0.322 e. The standard InChI is InChI=1S/C19H16BrF2N3O2S2/c1-25-18(27)15-10-4-2-3-5-13(10)29-17(15)24-19(25)28-8-14(26)23-16-11(20)6-9(21)7-12(16)22/h6-7H,2-5,8H2,1H3,(H,23,26). The topological polar surface area (TPSA) is 64.0 Å². The maximum Gasteiger partial charge on any atom is 0.262 e. The Hall–Kier alpha value is -1.78. The van der Waals surface area contributed by atoms with Gasteiger partial charge in [-0.1, -0.05) is 11.8 Å². The summed E-state index contributed by atoms with van der Waals surface area (Å²) in [5, 5.41) is 3.54. The minimum Gasteiger partial charge on any atom is -0.322 e. The molecule has 0 saturated heterocycles. The van der Waals surface area contributed by atoms with Crippen molar-refractivity contribution in [1.82, 2.24) is 9.55 Å². The minimum atomic E-state index is -0.869. The molecule has 1 N–H and O–H groups in total. The fourth-order valence-corrected chi connectivity index (χ4v) is 5.95. The number of hydrogen-bond acceptors (Lipinski definition) is 5. The zero-order chi connectivity index (χ0) is 20.7. The van der Waals surface area contributed by atoms with Gasteiger partial charge in [0.05, 0.1) is 16.8 Å². The highest BCUT2D eigenvalue weighted by atomic mass is 79.9. The van der Waals surface area contributed by atoms with Crippen LogP contribution in [0.5, 0.6) is 0 Å². The van der Waals surface area contributed by atoms with E-state index >= 15 is 0 Å². The Morgan fingerprint density at radius 1 is 1.34 bits per heavy atom. The summed E-state index contributed by atoms with van der Waals surface area (Å²) in [6.45, 7) is 0. The molecule has 0 atom stereocenters. The summed E-state index contributed by atoms with van der Waals surface area (Å²) in [6.07, 6.45) is 4.08. The average Bonchev–Trinajstić information content (AvgIpc) is 3.04. The molecule has 10 heteroatoms. The lowest BCUT2D eigenvalue weighted by Gasteiger charge is -2.11. The highest BCUT2D eigenvalue weighted by molar-refractivity contribution is 9.10. The van der Waals surface area contributed by atoms with Gasteiger partial charge in [0.2, 0.25) is 5.91 Å². The molecule has 1 aromatic carbocycles. The number of halogens is 3. The van der Waals surface area contributed by atoms with E-state index in [1.165, 1.54) is 9.44 Å². The first-order chi connectivity index (χ1) is 13.8. The molecular weight excluding hydrogens is 484 g/mol. The number of amides is 1. The molecule has 3 aromatic rings. The Labute approximate surface area is 181 Å². The molecule has 1 aliphatic rings. The summed E-state index contributed by atoms with van der Waals surface area (Å²) in [5.74, 6) is -2.17. The number of aromatic nitrogens is 2. The van der Waals surface area contributed by atoms with Gasteiger partial charge in [0.1, 0.15) is 10.6 Å². The number of nitrogens with zero attached hydrogens (tertiary/aromatic N) is 2. The molecule has 4 rings (SSSR count). The number of carbonyl (C=O) groups excluding carboxylic acids is 1. The Morgan fingerprint density at radius 2 is 2.10 bits per heavy atom. The minimum absolute atomic E-state index is 0.0693. The van der Waals surface area contributed by atoms with Crippen LogP contribution in [0.25, 0.3) is 10.2 Å². The molecule has 0 bridgehead atoms. The fourth-order valence-electron chi connectivity index (χ4n) is 3.36. The molecule has 2 heterocycles. The van der Waals surface area contributed by atoms with Crippen molar-refractivity contribution in [3.05, 3.63) is 49.0 Å². The molecule has 152 valence electrons. The van der Waals surface area contributed by atoms with Gasteiger partial charge in [-0.3, -0.25) is 14.2 Å². The van der Waals surface area contributed by atoms with Crippen LogP contribution in [0.1, 0.15) is 23.3 Å². The first kappa shape index (κ1) is 20.5. The second-order valence-electron chi connectivity index (χ2n) is 6.73. The second-order valence-corrected chi connectivity index (χ2v) is 9.61. The van der Waals surface area contributed by atoms with E-state index in [2.05, 4.69) is 26.2 Å². The molecule has 29 heavy (non-hydrogen) atoms. The van der Waals surface area contributed by atoms with Gasteiger partial charge in [-0.25, -0.2) is 13.8 Å². The van der Waals surface area contributed by atoms with Crippen LogP contribution < -0.4 is 10.9 Å². The zero-order valence-electron chi connectivity index (χ0n) is 15.4. The van der Waals surface area contributed by atoms with Gasteiger partial charge in [0.15, 0.2) is 11.0 Å². The molecule has 0 unspecified atom stereocenters. The van der Waals surface area contributed by atoms with Crippen LogP contribution in [0.3, 0.4) is 0 Å².